The van der Waals surface area contributed by atoms with E-state index in [1.807, 2.05) is 38.2 Å². The van der Waals surface area contributed by atoms with Crippen molar-refractivity contribution in [2.75, 3.05) is 0 Å². The maximum absolute atomic E-state index is 11.1. The van der Waals surface area contributed by atoms with Crippen LogP contribution in [-0.4, -0.2) is 34.1 Å². The molecule has 1 heterocycles. The minimum absolute atomic E-state index is 0.0132. The van der Waals surface area contributed by atoms with Gasteiger partial charge in [0.25, 0.3) is 0 Å². The number of aromatic amines is 1. The van der Waals surface area contributed by atoms with Crippen molar-refractivity contribution in [3.8, 4) is 5.75 Å². The summed E-state index contributed by atoms with van der Waals surface area (Å²) < 4.78 is 5.66. The predicted octanol–water partition coefficient (Wildman–Crippen LogP) is 4.48. The molecule has 9 heteroatoms. The number of carbonyl (C=O) groups is 1. The van der Waals surface area contributed by atoms with Gasteiger partial charge in [-0.05, 0) is 44.5 Å². The molecule has 2 aromatic carbocycles. The molecule has 5 N–H and O–H groups in total. The lowest BCUT2D eigenvalue weighted by atomic mass is 10.1. The number of carboxylic acids is 1. The molecular formula is C24H27ClN4O4. The molecule has 1 atom stereocenters. The van der Waals surface area contributed by atoms with Crippen LogP contribution in [0.3, 0.4) is 0 Å². The van der Waals surface area contributed by atoms with E-state index in [9.17, 15) is 4.79 Å². The second-order valence-electron chi connectivity index (χ2n) is 7.78. The third-order valence-corrected chi connectivity index (χ3v) is 5.27. The Kier molecular flexibility index (Phi) is 7.75. The van der Waals surface area contributed by atoms with Crippen molar-refractivity contribution in [1.29, 1.82) is 0 Å². The summed E-state index contributed by atoms with van der Waals surface area (Å²) in [7, 11) is 0. The van der Waals surface area contributed by atoms with Gasteiger partial charge in [-0.25, -0.2) is 4.99 Å². The SMILES string of the molecule is C=C(/N=C(\ON)c1ccc(OC(C)C)c(Cl)c1)c1cccc2c(CN[C@H](C)C(=O)O)c[nH]c12. The highest BCUT2D eigenvalue weighted by Gasteiger charge is 2.15. The van der Waals surface area contributed by atoms with Crippen molar-refractivity contribution in [3.05, 3.63) is 70.9 Å². The molecule has 0 amide bonds. The molecule has 0 bridgehead atoms. The average Bonchev–Trinajstić information content (AvgIpc) is 3.19. The number of nitrogens with two attached hydrogens (primary N) is 1. The summed E-state index contributed by atoms with van der Waals surface area (Å²) in [5.41, 5.74) is 3.51. The molecule has 0 saturated heterocycles. The van der Waals surface area contributed by atoms with Crippen molar-refractivity contribution in [2.24, 2.45) is 10.9 Å². The summed E-state index contributed by atoms with van der Waals surface area (Å²) in [5, 5.41) is 13.4. The highest BCUT2D eigenvalue weighted by atomic mass is 35.5. The van der Waals surface area contributed by atoms with Gasteiger partial charge in [0, 0.05) is 29.3 Å². The summed E-state index contributed by atoms with van der Waals surface area (Å²) in [6, 6.07) is 10.2. The van der Waals surface area contributed by atoms with Gasteiger partial charge in [0.1, 0.15) is 11.8 Å². The van der Waals surface area contributed by atoms with Crippen LogP contribution in [-0.2, 0) is 16.2 Å². The van der Waals surface area contributed by atoms with Crippen LogP contribution in [0.1, 0.15) is 37.5 Å². The predicted molar refractivity (Wildman–Crippen MR) is 130 cm³/mol. The number of hydrogen-bond donors (Lipinski definition) is 4. The lowest BCUT2D eigenvalue weighted by Gasteiger charge is -2.13. The van der Waals surface area contributed by atoms with Gasteiger partial charge in [0.2, 0.25) is 5.90 Å². The number of benzene rings is 2. The van der Waals surface area contributed by atoms with E-state index in [1.54, 1.807) is 25.1 Å². The Balaban J connectivity index is 1.88. The lowest BCUT2D eigenvalue weighted by molar-refractivity contribution is -0.139. The molecule has 0 spiro atoms. The zero-order valence-electron chi connectivity index (χ0n) is 18.7. The quantitative estimate of drug-likeness (QED) is 0.208. The van der Waals surface area contributed by atoms with E-state index in [4.69, 9.17) is 32.2 Å². The first-order chi connectivity index (χ1) is 15.7. The van der Waals surface area contributed by atoms with E-state index >= 15 is 0 Å². The molecule has 0 aliphatic rings. The zero-order valence-corrected chi connectivity index (χ0v) is 19.4. The van der Waals surface area contributed by atoms with Gasteiger partial charge < -0.3 is 25.0 Å². The summed E-state index contributed by atoms with van der Waals surface area (Å²) in [6.07, 6.45) is 1.82. The number of H-pyrrole nitrogens is 1. The molecule has 0 radical (unpaired) electrons. The van der Waals surface area contributed by atoms with Gasteiger partial charge in [-0.2, -0.15) is 5.90 Å². The maximum Gasteiger partial charge on any atom is 0.320 e. The van der Waals surface area contributed by atoms with Crippen LogP contribution >= 0.6 is 11.6 Å². The normalized spacial score (nSPS) is 12.7. The molecule has 0 aliphatic carbocycles. The summed E-state index contributed by atoms with van der Waals surface area (Å²) in [5.74, 6) is 5.30. The maximum atomic E-state index is 11.1. The summed E-state index contributed by atoms with van der Waals surface area (Å²) >= 11 is 6.33. The second-order valence-corrected chi connectivity index (χ2v) is 8.18. The Morgan fingerprint density at radius 3 is 2.70 bits per heavy atom. The van der Waals surface area contributed by atoms with E-state index in [-0.39, 0.29) is 12.0 Å². The summed E-state index contributed by atoms with van der Waals surface area (Å²) in [6.45, 7) is 9.91. The Morgan fingerprint density at radius 1 is 1.30 bits per heavy atom. The van der Waals surface area contributed by atoms with Crippen LogP contribution in [0.5, 0.6) is 5.75 Å². The van der Waals surface area contributed by atoms with Crippen LogP contribution in [0.25, 0.3) is 16.6 Å². The molecule has 3 rings (SSSR count). The molecule has 0 fully saturated rings. The highest BCUT2D eigenvalue weighted by Crippen LogP contribution is 2.29. The number of nitrogens with one attached hydrogen (secondary N) is 2. The van der Waals surface area contributed by atoms with E-state index in [0.29, 0.717) is 28.6 Å². The molecule has 3 aromatic rings. The number of fused-ring (bicyclic) bond motifs is 1. The van der Waals surface area contributed by atoms with Crippen molar-refractivity contribution in [2.45, 2.75) is 39.5 Å². The van der Waals surface area contributed by atoms with Gasteiger partial charge in [-0.15, -0.1) is 0 Å². The number of rotatable bonds is 9. The molecule has 1 aromatic heterocycles. The minimum atomic E-state index is -0.906. The standard InChI is InChI=1S/C24H27ClN4O4/c1-13(2)32-21-9-8-16(10-20(21)25)23(33-26)29-14(3)18-6-5-7-19-17(12-28-22(18)19)11-27-15(4)24(30)31/h5-10,12-13,15,27-28H,3,11,26H2,1-2,4H3,(H,30,31)/b29-23-/t15-/m1/s1. The van der Waals surface area contributed by atoms with Crippen molar-refractivity contribution in [1.82, 2.24) is 10.3 Å². The fourth-order valence-electron chi connectivity index (χ4n) is 3.27. The third kappa shape index (κ3) is 5.73. The first-order valence-electron chi connectivity index (χ1n) is 10.4. The largest absolute Gasteiger partial charge is 0.489 e. The minimum Gasteiger partial charge on any atom is -0.489 e. The Hall–Kier alpha value is -3.33. The molecule has 0 saturated carbocycles. The second kappa shape index (κ2) is 10.5. The number of halogens is 1. The fraction of sp³-hybridized carbons (Fsp3) is 0.250. The highest BCUT2D eigenvalue weighted by molar-refractivity contribution is 6.32. The topological polar surface area (TPSA) is 122 Å². The van der Waals surface area contributed by atoms with Crippen LogP contribution in [0, 0.1) is 0 Å². The Morgan fingerprint density at radius 2 is 2.06 bits per heavy atom. The van der Waals surface area contributed by atoms with Gasteiger partial charge in [-0.3, -0.25) is 4.79 Å². The number of aliphatic imine (C=N–C) groups is 1. The number of aliphatic carboxylic acids is 1. The van der Waals surface area contributed by atoms with E-state index in [2.05, 4.69) is 21.9 Å². The van der Waals surface area contributed by atoms with E-state index < -0.39 is 12.0 Å². The van der Waals surface area contributed by atoms with Gasteiger partial charge in [-0.1, -0.05) is 36.4 Å². The molecule has 0 unspecified atom stereocenters. The third-order valence-electron chi connectivity index (χ3n) is 4.97. The van der Waals surface area contributed by atoms with E-state index in [0.717, 1.165) is 22.0 Å². The molecule has 0 aliphatic heterocycles. The molecule has 174 valence electrons. The Bertz CT molecular complexity index is 1200. The number of aromatic nitrogens is 1. The first kappa shape index (κ1) is 24.3. The number of para-hydroxylation sites is 1. The average molecular weight is 471 g/mol. The van der Waals surface area contributed by atoms with Gasteiger partial charge >= 0.3 is 5.97 Å². The van der Waals surface area contributed by atoms with Crippen LogP contribution in [0.2, 0.25) is 5.02 Å². The molecular weight excluding hydrogens is 444 g/mol. The van der Waals surface area contributed by atoms with Gasteiger partial charge in [0.05, 0.1) is 22.3 Å². The monoisotopic (exact) mass is 470 g/mol. The van der Waals surface area contributed by atoms with Crippen LogP contribution in [0.4, 0.5) is 0 Å². The number of carboxylic acid groups (broad SMARTS) is 1. The van der Waals surface area contributed by atoms with Crippen molar-refractivity contribution >= 4 is 40.1 Å². The Labute approximate surface area is 197 Å². The van der Waals surface area contributed by atoms with Crippen LogP contribution in [0.15, 0.2) is 54.2 Å². The number of hydrogen-bond acceptors (Lipinski definition) is 6. The van der Waals surface area contributed by atoms with Crippen LogP contribution < -0.4 is 16.0 Å². The lowest BCUT2D eigenvalue weighted by Crippen LogP contribution is -2.32. The fourth-order valence-corrected chi connectivity index (χ4v) is 3.50. The number of ether oxygens (including phenoxy) is 1. The van der Waals surface area contributed by atoms with Crippen molar-refractivity contribution < 1.29 is 19.5 Å². The molecule has 33 heavy (non-hydrogen) atoms. The first-order valence-corrected chi connectivity index (χ1v) is 10.8. The summed E-state index contributed by atoms with van der Waals surface area (Å²) in [4.78, 5) is 23.8. The van der Waals surface area contributed by atoms with E-state index in [1.165, 1.54) is 0 Å². The zero-order chi connectivity index (χ0) is 24.1. The number of nitrogens with zero attached hydrogens (tertiary/aromatic N) is 1. The van der Waals surface area contributed by atoms with Crippen molar-refractivity contribution in [3.63, 3.8) is 0 Å². The smallest absolute Gasteiger partial charge is 0.320 e. The molecule has 8 nitrogen and oxygen atoms in total. The van der Waals surface area contributed by atoms with Gasteiger partial charge in [0.15, 0.2) is 0 Å².